The summed E-state index contributed by atoms with van der Waals surface area (Å²) < 4.78 is 1.66. The Morgan fingerprint density at radius 1 is 1.14 bits per heavy atom. The van der Waals surface area contributed by atoms with E-state index in [9.17, 15) is 9.59 Å². The van der Waals surface area contributed by atoms with Gasteiger partial charge in [-0.3, -0.25) is 14.2 Å². The highest BCUT2D eigenvalue weighted by molar-refractivity contribution is 6.33. The third-order valence-corrected chi connectivity index (χ3v) is 5.90. The van der Waals surface area contributed by atoms with E-state index in [1.165, 1.54) is 0 Å². The molecule has 0 aliphatic heterocycles. The number of hydrogen-bond donors (Lipinski definition) is 1. The van der Waals surface area contributed by atoms with Crippen molar-refractivity contribution in [2.24, 2.45) is 0 Å². The fraction of sp³-hybridized carbons (Fsp3) is 0.500. The number of ketones is 1. The summed E-state index contributed by atoms with van der Waals surface area (Å²) in [4.78, 5) is 30.1. The molecule has 2 aromatic rings. The molecule has 0 bridgehead atoms. The monoisotopic (exact) mass is 401 g/mol. The summed E-state index contributed by atoms with van der Waals surface area (Å²) in [7, 11) is 0. The molecular formula is C22H28ClN3O2. The predicted octanol–water partition coefficient (Wildman–Crippen LogP) is 5.01. The van der Waals surface area contributed by atoms with Crippen molar-refractivity contribution in [2.75, 3.05) is 5.32 Å². The summed E-state index contributed by atoms with van der Waals surface area (Å²) in [6.45, 7) is 8.48. The van der Waals surface area contributed by atoms with Gasteiger partial charge in [-0.1, -0.05) is 25.4 Å². The Morgan fingerprint density at radius 3 is 2.50 bits per heavy atom. The number of nitrogens with one attached hydrogen (secondary N) is 1. The molecule has 1 aliphatic carbocycles. The van der Waals surface area contributed by atoms with Gasteiger partial charge >= 0.3 is 0 Å². The second kappa shape index (κ2) is 8.48. The minimum Gasteiger partial charge on any atom is -0.376 e. The quantitative estimate of drug-likeness (QED) is 0.738. The number of halogens is 1. The molecule has 0 atom stereocenters. The number of carbonyl (C=O) groups is 1. The molecule has 1 aromatic heterocycles. The zero-order valence-electron chi connectivity index (χ0n) is 17.1. The summed E-state index contributed by atoms with van der Waals surface area (Å²) in [6, 6.07) is 3.92. The van der Waals surface area contributed by atoms with Crippen LogP contribution in [0.3, 0.4) is 0 Å². The number of Topliss-reactive ketones (excluding diaryl/α,β-unsaturated/α-hetero) is 1. The van der Waals surface area contributed by atoms with Crippen LogP contribution in [0.25, 0.3) is 11.4 Å². The van der Waals surface area contributed by atoms with Crippen molar-refractivity contribution in [3.05, 3.63) is 44.3 Å². The van der Waals surface area contributed by atoms with Crippen molar-refractivity contribution in [2.45, 2.75) is 72.4 Å². The third kappa shape index (κ3) is 3.72. The lowest BCUT2D eigenvalue weighted by atomic mass is 9.89. The average molecular weight is 402 g/mol. The fourth-order valence-corrected chi connectivity index (χ4v) is 4.10. The molecule has 0 unspecified atom stereocenters. The lowest BCUT2D eigenvalue weighted by Gasteiger charge is -2.21. The van der Waals surface area contributed by atoms with Gasteiger partial charge in [-0.15, -0.1) is 0 Å². The molecule has 0 spiro atoms. The van der Waals surface area contributed by atoms with Crippen LogP contribution in [-0.4, -0.2) is 21.4 Å². The Bertz CT molecular complexity index is 961. The average Bonchev–Trinajstić information content (AvgIpc) is 2.68. The van der Waals surface area contributed by atoms with Crippen LogP contribution in [0.1, 0.15) is 68.1 Å². The van der Waals surface area contributed by atoms with Crippen LogP contribution in [0.15, 0.2) is 16.9 Å². The molecule has 3 rings (SSSR count). The largest absolute Gasteiger partial charge is 0.376 e. The van der Waals surface area contributed by atoms with E-state index in [2.05, 4.69) is 19.2 Å². The van der Waals surface area contributed by atoms with E-state index >= 15 is 0 Å². The molecule has 1 heterocycles. The van der Waals surface area contributed by atoms with Crippen molar-refractivity contribution in [3.8, 4) is 11.4 Å². The third-order valence-electron chi connectivity index (χ3n) is 5.58. The first-order valence-electron chi connectivity index (χ1n) is 10.1. The minimum atomic E-state index is -0.0817. The van der Waals surface area contributed by atoms with Crippen LogP contribution in [0, 0.1) is 6.92 Å². The number of rotatable bonds is 6. The highest BCUT2D eigenvalue weighted by Crippen LogP contribution is 2.33. The molecule has 0 amide bonds. The Morgan fingerprint density at radius 2 is 1.86 bits per heavy atom. The highest BCUT2D eigenvalue weighted by Gasteiger charge is 2.23. The van der Waals surface area contributed by atoms with Gasteiger partial charge in [-0.25, -0.2) is 4.98 Å². The molecule has 0 saturated heterocycles. The van der Waals surface area contributed by atoms with Crippen LogP contribution in [0.5, 0.6) is 0 Å². The van der Waals surface area contributed by atoms with Gasteiger partial charge in [-0.2, -0.15) is 0 Å². The summed E-state index contributed by atoms with van der Waals surface area (Å²) in [6.07, 6.45) is 4.13. The lowest BCUT2D eigenvalue weighted by Crippen LogP contribution is -2.30. The van der Waals surface area contributed by atoms with Gasteiger partial charge < -0.3 is 5.32 Å². The van der Waals surface area contributed by atoms with Crippen LogP contribution >= 0.6 is 11.6 Å². The van der Waals surface area contributed by atoms with Gasteiger partial charge in [0.05, 0.1) is 10.7 Å². The van der Waals surface area contributed by atoms with Gasteiger partial charge in [0, 0.05) is 30.1 Å². The van der Waals surface area contributed by atoms with E-state index in [-0.39, 0.29) is 17.4 Å². The van der Waals surface area contributed by atoms with Gasteiger partial charge in [0.25, 0.3) is 5.56 Å². The molecule has 1 aromatic carbocycles. The number of benzene rings is 1. The van der Waals surface area contributed by atoms with E-state index in [1.807, 2.05) is 19.9 Å². The van der Waals surface area contributed by atoms with E-state index in [1.54, 1.807) is 10.6 Å². The summed E-state index contributed by atoms with van der Waals surface area (Å²) in [5.74, 6) is 0.697. The van der Waals surface area contributed by atoms with E-state index in [4.69, 9.17) is 16.6 Å². The van der Waals surface area contributed by atoms with E-state index < -0.39 is 0 Å². The normalized spacial score (nSPS) is 13.7. The number of nitrogens with zero attached hydrogens (tertiary/aromatic N) is 2. The Balaban J connectivity index is 2.15. The van der Waals surface area contributed by atoms with Crippen LogP contribution in [-0.2, 0) is 13.0 Å². The standard InChI is InChI=1S/C22H28ClN3O2/c1-5-15(6-2)25-20-13(4)24-21(26(7-3)22(20)28)17-11-14-9-8-10-19(27)16(14)12-18(17)23/h11-12,15,25H,5-10H2,1-4H3. The molecule has 28 heavy (non-hydrogen) atoms. The Labute approximate surface area is 171 Å². The summed E-state index contributed by atoms with van der Waals surface area (Å²) in [5, 5.41) is 3.83. The second-order valence-corrected chi connectivity index (χ2v) is 7.78. The van der Waals surface area contributed by atoms with Crippen molar-refractivity contribution in [1.29, 1.82) is 0 Å². The summed E-state index contributed by atoms with van der Waals surface area (Å²) in [5.41, 5.74) is 3.55. The maximum Gasteiger partial charge on any atom is 0.277 e. The lowest BCUT2D eigenvalue weighted by molar-refractivity contribution is 0.0972. The first-order valence-corrected chi connectivity index (χ1v) is 10.5. The minimum absolute atomic E-state index is 0.0817. The first-order chi connectivity index (χ1) is 13.4. The van der Waals surface area contributed by atoms with Gasteiger partial charge in [0.1, 0.15) is 11.5 Å². The molecule has 6 heteroatoms. The van der Waals surface area contributed by atoms with Gasteiger partial charge in [-0.05, 0) is 57.2 Å². The summed E-state index contributed by atoms with van der Waals surface area (Å²) >= 11 is 6.54. The Kier molecular flexibility index (Phi) is 6.23. The number of carbonyl (C=O) groups excluding carboxylic acids is 1. The van der Waals surface area contributed by atoms with Crippen LogP contribution in [0.2, 0.25) is 5.02 Å². The fourth-order valence-electron chi connectivity index (χ4n) is 3.85. The van der Waals surface area contributed by atoms with Crippen molar-refractivity contribution in [1.82, 2.24) is 9.55 Å². The smallest absolute Gasteiger partial charge is 0.277 e. The molecular weight excluding hydrogens is 374 g/mol. The predicted molar refractivity (Wildman–Crippen MR) is 115 cm³/mol. The molecule has 0 saturated carbocycles. The van der Waals surface area contributed by atoms with Crippen molar-refractivity contribution < 1.29 is 4.79 Å². The molecule has 0 radical (unpaired) electrons. The van der Waals surface area contributed by atoms with Crippen LogP contribution < -0.4 is 10.9 Å². The van der Waals surface area contributed by atoms with Gasteiger partial charge in [0.2, 0.25) is 0 Å². The SMILES string of the molecule is CCC(CC)Nc1c(C)nc(-c2cc3c(cc2Cl)C(=O)CCC3)n(CC)c1=O. The molecule has 1 aliphatic rings. The van der Waals surface area contributed by atoms with E-state index in [0.717, 1.165) is 31.2 Å². The van der Waals surface area contributed by atoms with E-state index in [0.29, 0.717) is 46.3 Å². The number of aryl methyl sites for hydroxylation is 2. The van der Waals surface area contributed by atoms with Crippen LogP contribution in [0.4, 0.5) is 5.69 Å². The zero-order chi connectivity index (χ0) is 20.4. The zero-order valence-corrected chi connectivity index (χ0v) is 17.8. The number of anilines is 1. The van der Waals surface area contributed by atoms with Crippen molar-refractivity contribution >= 4 is 23.1 Å². The molecule has 1 N–H and O–H groups in total. The topological polar surface area (TPSA) is 64.0 Å². The Hall–Kier alpha value is -2.14. The molecule has 5 nitrogen and oxygen atoms in total. The number of hydrogen-bond acceptors (Lipinski definition) is 4. The number of aromatic nitrogens is 2. The highest BCUT2D eigenvalue weighted by atomic mass is 35.5. The maximum absolute atomic E-state index is 13.2. The molecule has 150 valence electrons. The first kappa shape index (κ1) is 20.6. The molecule has 0 fully saturated rings. The maximum atomic E-state index is 13.2. The second-order valence-electron chi connectivity index (χ2n) is 7.37. The van der Waals surface area contributed by atoms with Crippen molar-refractivity contribution in [3.63, 3.8) is 0 Å². The number of fused-ring (bicyclic) bond motifs is 1. The van der Waals surface area contributed by atoms with Gasteiger partial charge in [0.15, 0.2) is 5.78 Å².